The molecule has 0 saturated carbocycles. The zero-order chi connectivity index (χ0) is 15.4. The number of ether oxygens (including phenoxy) is 1. The summed E-state index contributed by atoms with van der Waals surface area (Å²) in [7, 11) is 0. The molecule has 1 atom stereocenters. The maximum atomic E-state index is 13.5. The van der Waals surface area contributed by atoms with E-state index in [4.69, 9.17) is 10.5 Å². The van der Waals surface area contributed by atoms with Gasteiger partial charge in [0.15, 0.2) is 0 Å². The van der Waals surface area contributed by atoms with E-state index < -0.39 is 23.7 Å². The lowest BCUT2D eigenvalue weighted by atomic mass is 10.1. The molecule has 7 heteroatoms. The molecule has 1 aromatic carbocycles. The Kier molecular flexibility index (Phi) is 5.06. The van der Waals surface area contributed by atoms with Crippen LogP contribution in [-0.2, 0) is 9.53 Å². The van der Waals surface area contributed by atoms with Crippen molar-refractivity contribution < 1.29 is 18.7 Å². The fourth-order valence-corrected chi connectivity index (χ4v) is 3.19. The van der Waals surface area contributed by atoms with Crippen molar-refractivity contribution in [1.29, 1.82) is 0 Å². The third-order valence-corrected chi connectivity index (χ3v) is 4.25. The average Bonchev–Trinajstić information content (AvgIpc) is 2.49. The molecule has 114 valence electrons. The molecule has 1 aromatic rings. The second-order valence-electron chi connectivity index (χ2n) is 4.54. The van der Waals surface area contributed by atoms with Crippen molar-refractivity contribution in [3.8, 4) is 0 Å². The number of thioether (sulfide) groups is 1. The zero-order valence-electron chi connectivity index (χ0n) is 11.7. The standard InChI is InChI=1S/C14H17FN2O3S/c1-2-20-14(19)11-8-21-7-6-17(11)13(18)9-4-3-5-10(15)12(9)16/h3-5,11H,2,6-8,16H2,1H3. The number of benzene rings is 1. The molecule has 0 radical (unpaired) electrons. The number of para-hydroxylation sites is 1. The lowest BCUT2D eigenvalue weighted by molar-refractivity contribution is -0.147. The Bertz CT molecular complexity index is 553. The van der Waals surface area contributed by atoms with E-state index in [9.17, 15) is 14.0 Å². The number of halogens is 1. The molecule has 0 aromatic heterocycles. The van der Waals surface area contributed by atoms with Gasteiger partial charge in [-0.05, 0) is 19.1 Å². The molecule has 1 unspecified atom stereocenters. The lowest BCUT2D eigenvalue weighted by Gasteiger charge is -2.33. The third-order valence-electron chi connectivity index (χ3n) is 3.23. The predicted molar refractivity (Wildman–Crippen MR) is 79.6 cm³/mol. The highest BCUT2D eigenvalue weighted by Crippen LogP contribution is 2.23. The first-order valence-corrected chi connectivity index (χ1v) is 7.81. The van der Waals surface area contributed by atoms with E-state index in [0.29, 0.717) is 12.3 Å². The van der Waals surface area contributed by atoms with Gasteiger partial charge in [-0.25, -0.2) is 9.18 Å². The molecule has 2 rings (SSSR count). The van der Waals surface area contributed by atoms with Crippen molar-refractivity contribution in [3.63, 3.8) is 0 Å². The van der Waals surface area contributed by atoms with Crippen LogP contribution in [0.5, 0.6) is 0 Å². The summed E-state index contributed by atoms with van der Waals surface area (Å²) in [5.41, 5.74) is 5.51. The number of nitrogens with zero attached hydrogens (tertiary/aromatic N) is 1. The number of esters is 1. The Morgan fingerprint density at radius 1 is 1.52 bits per heavy atom. The summed E-state index contributed by atoms with van der Waals surface area (Å²) in [6.07, 6.45) is 0. The fourth-order valence-electron chi connectivity index (χ4n) is 2.16. The number of hydrogen-bond donors (Lipinski definition) is 1. The number of anilines is 1. The van der Waals surface area contributed by atoms with Gasteiger partial charge >= 0.3 is 5.97 Å². The summed E-state index contributed by atoms with van der Waals surface area (Å²) >= 11 is 1.58. The number of amides is 1. The molecular weight excluding hydrogens is 295 g/mol. The third kappa shape index (κ3) is 3.29. The molecule has 5 nitrogen and oxygen atoms in total. The molecular formula is C14H17FN2O3S. The monoisotopic (exact) mass is 312 g/mol. The van der Waals surface area contributed by atoms with Crippen LogP contribution in [0.2, 0.25) is 0 Å². The van der Waals surface area contributed by atoms with Crippen LogP contribution < -0.4 is 5.73 Å². The Balaban J connectivity index is 2.26. The highest BCUT2D eigenvalue weighted by molar-refractivity contribution is 7.99. The molecule has 21 heavy (non-hydrogen) atoms. The van der Waals surface area contributed by atoms with Gasteiger partial charge in [0.05, 0.1) is 17.9 Å². The highest BCUT2D eigenvalue weighted by atomic mass is 32.2. The van der Waals surface area contributed by atoms with Crippen molar-refractivity contribution in [1.82, 2.24) is 4.90 Å². The summed E-state index contributed by atoms with van der Waals surface area (Å²) in [5, 5.41) is 0. The number of nitrogens with two attached hydrogens (primary N) is 1. The second-order valence-corrected chi connectivity index (χ2v) is 5.69. The normalized spacial score (nSPS) is 18.4. The van der Waals surface area contributed by atoms with Gasteiger partial charge in [-0.2, -0.15) is 11.8 Å². The van der Waals surface area contributed by atoms with Gasteiger partial charge in [-0.15, -0.1) is 0 Å². The van der Waals surface area contributed by atoms with Crippen LogP contribution in [0, 0.1) is 5.82 Å². The first kappa shape index (κ1) is 15.6. The largest absolute Gasteiger partial charge is 0.464 e. The lowest BCUT2D eigenvalue weighted by Crippen LogP contribution is -2.51. The quantitative estimate of drug-likeness (QED) is 0.677. The molecule has 1 heterocycles. The summed E-state index contributed by atoms with van der Waals surface area (Å²) in [6, 6.07) is 3.43. The van der Waals surface area contributed by atoms with E-state index in [-0.39, 0.29) is 17.9 Å². The Morgan fingerprint density at radius 2 is 2.29 bits per heavy atom. The number of carbonyl (C=O) groups excluding carboxylic acids is 2. The zero-order valence-corrected chi connectivity index (χ0v) is 12.5. The van der Waals surface area contributed by atoms with Gasteiger partial charge in [-0.3, -0.25) is 4.79 Å². The fraction of sp³-hybridized carbons (Fsp3) is 0.429. The van der Waals surface area contributed by atoms with Crippen LogP contribution in [0.3, 0.4) is 0 Å². The van der Waals surface area contributed by atoms with Crippen LogP contribution in [-0.4, -0.2) is 47.5 Å². The Hall–Kier alpha value is -1.76. The summed E-state index contributed by atoms with van der Waals surface area (Å²) in [6.45, 7) is 2.37. The summed E-state index contributed by atoms with van der Waals surface area (Å²) < 4.78 is 18.5. The van der Waals surface area contributed by atoms with Crippen molar-refractivity contribution in [3.05, 3.63) is 29.6 Å². The molecule has 1 aliphatic heterocycles. The summed E-state index contributed by atoms with van der Waals surface area (Å²) in [5.74, 6) is -0.324. The molecule has 0 aliphatic carbocycles. The van der Waals surface area contributed by atoms with E-state index in [2.05, 4.69) is 0 Å². The van der Waals surface area contributed by atoms with Gasteiger partial charge in [-0.1, -0.05) is 6.07 Å². The minimum atomic E-state index is -0.654. The second kappa shape index (κ2) is 6.80. The van der Waals surface area contributed by atoms with Crippen molar-refractivity contribution >= 4 is 29.3 Å². The average molecular weight is 312 g/mol. The molecule has 1 aliphatic rings. The maximum absolute atomic E-state index is 13.5. The van der Waals surface area contributed by atoms with Crippen LogP contribution in [0.4, 0.5) is 10.1 Å². The Morgan fingerprint density at radius 3 is 3.00 bits per heavy atom. The number of rotatable bonds is 3. The van der Waals surface area contributed by atoms with Crippen molar-refractivity contribution in [2.45, 2.75) is 13.0 Å². The van der Waals surface area contributed by atoms with E-state index in [0.717, 1.165) is 5.75 Å². The topological polar surface area (TPSA) is 72.6 Å². The minimum Gasteiger partial charge on any atom is -0.464 e. The van der Waals surface area contributed by atoms with Gasteiger partial charge in [0.25, 0.3) is 5.91 Å². The van der Waals surface area contributed by atoms with Crippen LogP contribution in [0.1, 0.15) is 17.3 Å². The van der Waals surface area contributed by atoms with Crippen LogP contribution in [0.25, 0.3) is 0 Å². The van der Waals surface area contributed by atoms with Gasteiger partial charge < -0.3 is 15.4 Å². The van der Waals surface area contributed by atoms with E-state index >= 15 is 0 Å². The van der Waals surface area contributed by atoms with Crippen molar-refractivity contribution in [2.75, 3.05) is 30.4 Å². The first-order chi connectivity index (χ1) is 10.1. The molecule has 1 saturated heterocycles. The maximum Gasteiger partial charge on any atom is 0.329 e. The molecule has 1 amide bonds. The highest BCUT2D eigenvalue weighted by Gasteiger charge is 2.34. The molecule has 2 N–H and O–H groups in total. The first-order valence-electron chi connectivity index (χ1n) is 6.65. The minimum absolute atomic E-state index is 0.0798. The van der Waals surface area contributed by atoms with Gasteiger partial charge in [0, 0.05) is 18.1 Å². The molecule has 1 fully saturated rings. The van der Waals surface area contributed by atoms with Gasteiger partial charge in [0.2, 0.25) is 0 Å². The predicted octanol–water partition coefficient (Wildman–Crippen LogP) is 1.53. The van der Waals surface area contributed by atoms with Crippen LogP contribution >= 0.6 is 11.8 Å². The van der Waals surface area contributed by atoms with E-state index in [1.54, 1.807) is 18.7 Å². The number of nitrogen functional groups attached to an aromatic ring is 1. The van der Waals surface area contributed by atoms with Crippen molar-refractivity contribution in [2.24, 2.45) is 0 Å². The van der Waals surface area contributed by atoms with Gasteiger partial charge in [0.1, 0.15) is 11.9 Å². The molecule has 0 bridgehead atoms. The smallest absolute Gasteiger partial charge is 0.329 e. The van der Waals surface area contributed by atoms with Crippen LogP contribution in [0.15, 0.2) is 18.2 Å². The van der Waals surface area contributed by atoms with E-state index in [1.165, 1.54) is 23.1 Å². The number of carbonyl (C=O) groups is 2. The SMILES string of the molecule is CCOC(=O)C1CSCCN1C(=O)c1cccc(F)c1N. The number of hydrogen-bond acceptors (Lipinski definition) is 5. The summed E-state index contributed by atoms with van der Waals surface area (Å²) in [4.78, 5) is 25.9. The van der Waals surface area contributed by atoms with E-state index in [1.807, 2.05) is 0 Å². The molecule has 0 spiro atoms. The Labute approximate surface area is 126 Å².